The third-order valence-corrected chi connectivity index (χ3v) is 5.69. The Balaban J connectivity index is 2.18. The van der Waals surface area contributed by atoms with Gasteiger partial charge in [0, 0.05) is 19.0 Å². The fourth-order valence-corrected chi connectivity index (χ4v) is 3.68. The van der Waals surface area contributed by atoms with Gasteiger partial charge in [-0.3, -0.25) is 0 Å². The topological polar surface area (TPSA) is 37.4 Å². The first kappa shape index (κ1) is 13.8. The number of hydrogen-bond donors (Lipinski definition) is 0. The van der Waals surface area contributed by atoms with E-state index in [1.807, 2.05) is 12.1 Å². The van der Waals surface area contributed by atoms with Gasteiger partial charge in [-0.1, -0.05) is 18.6 Å². The van der Waals surface area contributed by atoms with E-state index in [1.54, 1.807) is 19.2 Å². The Morgan fingerprint density at radius 1 is 1.28 bits per heavy atom. The molecule has 1 aliphatic rings. The van der Waals surface area contributed by atoms with Crippen LogP contribution in [0.5, 0.6) is 0 Å². The number of rotatable bonds is 5. The van der Waals surface area contributed by atoms with Gasteiger partial charge in [0.15, 0.2) is 0 Å². The smallest absolute Gasteiger partial charge is 0.207 e. The largest absolute Gasteiger partial charge is 0.243 e. The van der Waals surface area contributed by atoms with Crippen LogP contribution in [0.3, 0.4) is 0 Å². The van der Waals surface area contributed by atoms with Gasteiger partial charge < -0.3 is 0 Å². The van der Waals surface area contributed by atoms with Crippen molar-refractivity contribution in [1.82, 2.24) is 4.31 Å². The van der Waals surface area contributed by atoms with E-state index in [1.165, 1.54) is 4.31 Å². The van der Waals surface area contributed by atoms with Crippen LogP contribution in [0.15, 0.2) is 29.2 Å². The van der Waals surface area contributed by atoms with Gasteiger partial charge in [0.2, 0.25) is 10.0 Å². The summed E-state index contributed by atoms with van der Waals surface area (Å²) in [4.78, 5) is 0.371. The lowest BCUT2D eigenvalue weighted by Crippen LogP contribution is -2.41. The van der Waals surface area contributed by atoms with E-state index in [9.17, 15) is 8.42 Å². The second-order valence-electron chi connectivity index (χ2n) is 4.69. The molecule has 0 aromatic heterocycles. The summed E-state index contributed by atoms with van der Waals surface area (Å²) in [5, 5.41) is 0. The van der Waals surface area contributed by atoms with Gasteiger partial charge in [-0.2, -0.15) is 4.31 Å². The molecule has 1 aliphatic carbocycles. The molecule has 0 amide bonds. The number of halogens is 1. The molecule has 0 saturated heterocycles. The van der Waals surface area contributed by atoms with Gasteiger partial charge >= 0.3 is 0 Å². The Morgan fingerprint density at radius 3 is 2.33 bits per heavy atom. The fraction of sp³-hybridized carbons (Fsp3) is 0.538. The molecule has 0 bridgehead atoms. The Hall–Kier alpha value is -0.580. The van der Waals surface area contributed by atoms with E-state index in [2.05, 4.69) is 0 Å². The average Bonchev–Trinajstić information content (AvgIpc) is 2.28. The Morgan fingerprint density at radius 2 is 1.89 bits per heavy atom. The molecular weight excluding hydrogens is 270 g/mol. The van der Waals surface area contributed by atoms with Crippen molar-refractivity contribution in [2.45, 2.75) is 36.6 Å². The number of hydrogen-bond acceptors (Lipinski definition) is 2. The SMILES string of the molecule is CN(C1CCC1)S(=O)(=O)c1ccc(CCCl)cc1. The van der Waals surface area contributed by atoms with Crippen molar-refractivity contribution in [3.63, 3.8) is 0 Å². The molecule has 1 aromatic rings. The van der Waals surface area contributed by atoms with E-state index >= 15 is 0 Å². The summed E-state index contributed by atoms with van der Waals surface area (Å²) >= 11 is 5.66. The maximum absolute atomic E-state index is 12.3. The summed E-state index contributed by atoms with van der Waals surface area (Å²) in [6.07, 6.45) is 3.83. The first-order valence-electron chi connectivity index (χ1n) is 6.18. The summed E-state index contributed by atoms with van der Waals surface area (Å²) in [6, 6.07) is 7.20. The number of nitrogens with zero attached hydrogens (tertiary/aromatic N) is 1. The maximum Gasteiger partial charge on any atom is 0.243 e. The summed E-state index contributed by atoms with van der Waals surface area (Å²) in [7, 11) is -1.66. The third kappa shape index (κ3) is 2.71. The van der Waals surface area contributed by atoms with E-state index in [0.29, 0.717) is 10.8 Å². The molecule has 0 heterocycles. The van der Waals surface area contributed by atoms with E-state index in [-0.39, 0.29) is 6.04 Å². The minimum absolute atomic E-state index is 0.178. The Labute approximate surface area is 114 Å². The molecule has 0 atom stereocenters. The highest BCUT2D eigenvalue weighted by atomic mass is 35.5. The molecule has 0 N–H and O–H groups in total. The van der Waals surface area contributed by atoms with Gasteiger partial charge in [0.05, 0.1) is 4.90 Å². The second-order valence-corrected chi connectivity index (χ2v) is 7.06. The quantitative estimate of drug-likeness (QED) is 0.781. The Kier molecular flexibility index (Phi) is 4.30. The lowest BCUT2D eigenvalue weighted by Gasteiger charge is -2.33. The van der Waals surface area contributed by atoms with Crippen LogP contribution < -0.4 is 0 Å². The van der Waals surface area contributed by atoms with Gasteiger partial charge in [-0.05, 0) is 37.0 Å². The molecule has 2 rings (SSSR count). The summed E-state index contributed by atoms with van der Waals surface area (Å²) in [5.74, 6) is 0.550. The van der Waals surface area contributed by atoms with Gasteiger partial charge in [-0.15, -0.1) is 11.6 Å². The highest BCUT2D eigenvalue weighted by molar-refractivity contribution is 7.89. The van der Waals surface area contributed by atoms with E-state index in [0.717, 1.165) is 31.2 Å². The van der Waals surface area contributed by atoms with Crippen LogP contribution in [0, 0.1) is 0 Å². The van der Waals surface area contributed by atoms with Crippen LogP contribution in [0.4, 0.5) is 0 Å². The monoisotopic (exact) mass is 287 g/mol. The predicted molar refractivity (Wildman–Crippen MR) is 73.5 cm³/mol. The van der Waals surface area contributed by atoms with Crippen molar-refractivity contribution in [1.29, 1.82) is 0 Å². The van der Waals surface area contributed by atoms with Crippen LogP contribution in [0.1, 0.15) is 24.8 Å². The van der Waals surface area contributed by atoms with Gasteiger partial charge in [-0.25, -0.2) is 8.42 Å². The van der Waals surface area contributed by atoms with Crippen LogP contribution in [-0.2, 0) is 16.4 Å². The first-order chi connectivity index (χ1) is 8.55. The predicted octanol–water partition coefficient (Wildman–Crippen LogP) is 2.64. The zero-order valence-corrected chi connectivity index (χ0v) is 12.0. The fourth-order valence-electron chi connectivity index (χ4n) is 2.05. The second kappa shape index (κ2) is 5.59. The highest BCUT2D eigenvalue weighted by Crippen LogP contribution is 2.28. The maximum atomic E-state index is 12.3. The number of sulfonamides is 1. The average molecular weight is 288 g/mol. The van der Waals surface area contributed by atoms with Crippen molar-refractivity contribution in [3.8, 4) is 0 Å². The third-order valence-electron chi connectivity index (χ3n) is 3.57. The molecule has 100 valence electrons. The Bertz CT molecular complexity index is 494. The van der Waals surface area contributed by atoms with Crippen molar-refractivity contribution in [2.75, 3.05) is 12.9 Å². The summed E-state index contributed by atoms with van der Waals surface area (Å²) in [6.45, 7) is 0. The number of benzene rings is 1. The van der Waals surface area contributed by atoms with Crippen LogP contribution in [0.25, 0.3) is 0 Å². The van der Waals surface area contributed by atoms with Crippen LogP contribution in [-0.4, -0.2) is 31.7 Å². The van der Waals surface area contributed by atoms with Crippen LogP contribution in [0.2, 0.25) is 0 Å². The number of alkyl halides is 1. The van der Waals surface area contributed by atoms with E-state index < -0.39 is 10.0 Å². The molecule has 3 nitrogen and oxygen atoms in total. The van der Waals surface area contributed by atoms with Crippen molar-refractivity contribution >= 4 is 21.6 Å². The molecule has 1 saturated carbocycles. The summed E-state index contributed by atoms with van der Waals surface area (Å²) < 4.78 is 26.2. The van der Waals surface area contributed by atoms with Crippen molar-refractivity contribution in [2.24, 2.45) is 0 Å². The van der Waals surface area contributed by atoms with E-state index in [4.69, 9.17) is 11.6 Å². The van der Waals surface area contributed by atoms with Crippen LogP contribution >= 0.6 is 11.6 Å². The van der Waals surface area contributed by atoms with Gasteiger partial charge in [0.25, 0.3) is 0 Å². The zero-order chi connectivity index (χ0) is 13.2. The van der Waals surface area contributed by atoms with Crippen molar-refractivity contribution in [3.05, 3.63) is 29.8 Å². The standard InChI is InChI=1S/C13H18ClNO2S/c1-15(12-3-2-4-12)18(16,17)13-7-5-11(6-8-13)9-10-14/h5-8,12H,2-4,9-10H2,1H3. The molecule has 5 heteroatoms. The minimum atomic E-state index is -3.33. The zero-order valence-electron chi connectivity index (χ0n) is 10.5. The molecular formula is C13H18ClNO2S. The lowest BCUT2D eigenvalue weighted by molar-refractivity contribution is 0.249. The molecule has 0 unspecified atom stereocenters. The van der Waals surface area contributed by atoms with Crippen molar-refractivity contribution < 1.29 is 8.42 Å². The number of aryl methyl sites for hydroxylation is 1. The van der Waals surface area contributed by atoms with Gasteiger partial charge in [0.1, 0.15) is 0 Å². The molecule has 1 aromatic carbocycles. The summed E-state index contributed by atoms with van der Waals surface area (Å²) in [5.41, 5.74) is 1.07. The molecule has 0 spiro atoms. The molecule has 0 radical (unpaired) electrons. The normalized spacial score (nSPS) is 16.8. The minimum Gasteiger partial charge on any atom is -0.207 e. The highest BCUT2D eigenvalue weighted by Gasteiger charge is 2.31. The first-order valence-corrected chi connectivity index (χ1v) is 8.16. The molecule has 18 heavy (non-hydrogen) atoms. The lowest BCUT2D eigenvalue weighted by atomic mass is 9.94. The molecule has 0 aliphatic heterocycles. The molecule has 1 fully saturated rings.